The molecule has 7 heteroatoms. The highest BCUT2D eigenvalue weighted by atomic mass is 32.1. The van der Waals surface area contributed by atoms with Crippen molar-refractivity contribution in [3.63, 3.8) is 0 Å². The molecule has 3 rings (SSSR count). The van der Waals surface area contributed by atoms with Gasteiger partial charge in [-0.15, -0.1) is 0 Å². The predicted molar refractivity (Wildman–Crippen MR) is 89.2 cm³/mol. The van der Waals surface area contributed by atoms with Crippen molar-refractivity contribution in [3.05, 3.63) is 57.9 Å². The summed E-state index contributed by atoms with van der Waals surface area (Å²) in [4.78, 5) is 10.8. The molecule has 0 radical (unpaired) electrons. The van der Waals surface area contributed by atoms with Gasteiger partial charge < -0.3 is 0 Å². The lowest BCUT2D eigenvalue weighted by atomic mass is 10.2. The first-order valence-electron chi connectivity index (χ1n) is 7.31. The van der Waals surface area contributed by atoms with E-state index < -0.39 is 0 Å². The molecule has 0 spiro atoms. The van der Waals surface area contributed by atoms with Gasteiger partial charge in [0.2, 0.25) is 4.77 Å². The van der Waals surface area contributed by atoms with Gasteiger partial charge in [-0.3, -0.25) is 4.90 Å². The van der Waals surface area contributed by atoms with Gasteiger partial charge >= 0.3 is 0 Å². The number of rotatable bonds is 4. The fourth-order valence-electron chi connectivity index (χ4n) is 2.71. The summed E-state index contributed by atoms with van der Waals surface area (Å²) in [6.45, 7) is 5.10. The minimum atomic E-state index is -0.224. The van der Waals surface area contributed by atoms with E-state index in [1.54, 1.807) is 12.1 Å². The number of hydrogen-bond acceptors (Lipinski definition) is 4. The van der Waals surface area contributed by atoms with E-state index in [0.29, 0.717) is 23.8 Å². The molecular weight excluding hydrogens is 313 g/mol. The van der Waals surface area contributed by atoms with Crippen molar-refractivity contribution in [1.29, 1.82) is 0 Å². The first kappa shape index (κ1) is 15.8. The molecule has 120 valence electrons. The highest BCUT2D eigenvalue weighted by molar-refractivity contribution is 7.71. The van der Waals surface area contributed by atoms with Gasteiger partial charge in [-0.05, 0) is 56.9 Å². The summed E-state index contributed by atoms with van der Waals surface area (Å²) >= 11 is 5.36. The number of nitrogens with zero attached hydrogens (tertiary/aromatic N) is 5. The van der Waals surface area contributed by atoms with Crippen LogP contribution in [-0.4, -0.2) is 31.1 Å². The van der Waals surface area contributed by atoms with Crippen molar-refractivity contribution < 1.29 is 4.39 Å². The highest BCUT2D eigenvalue weighted by Crippen LogP contribution is 2.10. The standard InChI is InChI=1S/C16H18FN5S/c1-11-7-12(2)22-15(18-11)19-16(23)21(22)10-20(3)9-13-5-4-6-14(17)8-13/h4-8H,9-10H2,1-3H3. The summed E-state index contributed by atoms with van der Waals surface area (Å²) in [5, 5.41) is 0. The summed E-state index contributed by atoms with van der Waals surface area (Å²) in [6.07, 6.45) is 0. The fraction of sp³-hybridized carbons (Fsp3) is 0.312. The molecular formula is C16H18FN5S. The maximum absolute atomic E-state index is 13.3. The first-order chi connectivity index (χ1) is 10.9. The van der Waals surface area contributed by atoms with Gasteiger partial charge in [0.05, 0.1) is 6.67 Å². The Labute approximate surface area is 139 Å². The molecule has 0 atom stereocenters. The largest absolute Gasteiger partial charge is 0.283 e. The molecule has 0 unspecified atom stereocenters. The van der Waals surface area contributed by atoms with Crippen LogP contribution in [0.5, 0.6) is 0 Å². The molecule has 0 aliphatic rings. The monoisotopic (exact) mass is 331 g/mol. The second-order valence-corrected chi connectivity index (χ2v) is 6.10. The smallest absolute Gasteiger partial charge is 0.252 e. The van der Waals surface area contributed by atoms with Crippen molar-refractivity contribution in [3.8, 4) is 0 Å². The van der Waals surface area contributed by atoms with Gasteiger partial charge in [0.1, 0.15) is 5.82 Å². The number of aryl methyl sites for hydroxylation is 2. The Morgan fingerprint density at radius 3 is 2.74 bits per heavy atom. The predicted octanol–water partition coefficient (Wildman–Crippen LogP) is 3.11. The summed E-state index contributed by atoms with van der Waals surface area (Å²) < 4.78 is 17.6. The van der Waals surface area contributed by atoms with E-state index in [9.17, 15) is 4.39 Å². The normalized spacial score (nSPS) is 11.5. The minimum absolute atomic E-state index is 0.224. The van der Waals surface area contributed by atoms with Gasteiger partial charge in [-0.1, -0.05) is 12.1 Å². The van der Waals surface area contributed by atoms with Crippen LogP contribution in [0.2, 0.25) is 0 Å². The zero-order valence-electron chi connectivity index (χ0n) is 13.3. The van der Waals surface area contributed by atoms with Crippen LogP contribution in [0.3, 0.4) is 0 Å². The van der Waals surface area contributed by atoms with Crippen molar-refractivity contribution in [2.45, 2.75) is 27.1 Å². The van der Waals surface area contributed by atoms with Crippen LogP contribution in [-0.2, 0) is 13.2 Å². The lowest BCUT2D eigenvalue weighted by Gasteiger charge is -2.18. The van der Waals surface area contributed by atoms with Crippen LogP contribution < -0.4 is 0 Å². The Balaban J connectivity index is 1.89. The van der Waals surface area contributed by atoms with Gasteiger partial charge in [-0.2, -0.15) is 4.98 Å². The van der Waals surface area contributed by atoms with Crippen LogP contribution in [0.1, 0.15) is 17.0 Å². The molecule has 5 nitrogen and oxygen atoms in total. The van der Waals surface area contributed by atoms with Crippen molar-refractivity contribution in [2.24, 2.45) is 0 Å². The number of hydrogen-bond donors (Lipinski definition) is 0. The van der Waals surface area contributed by atoms with Crippen LogP contribution >= 0.6 is 12.2 Å². The van der Waals surface area contributed by atoms with Crippen molar-refractivity contribution in [2.75, 3.05) is 7.05 Å². The average Bonchev–Trinajstić information content (AvgIpc) is 2.74. The second kappa shape index (κ2) is 6.17. The number of benzene rings is 1. The van der Waals surface area contributed by atoms with E-state index >= 15 is 0 Å². The summed E-state index contributed by atoms with van der Waals surface area (Å²) in [5.74, 6) is 0.379. The molecule has 0 amide bonds. The molecule has 23 heavy (non-hydrogen) atoms. The molecule has 0 fully saturated rings. The Morgan fingerprint density at radius 2 is 2.00 bits per heavy atom. The third-order valence-corrected chi connectivity index (χ3v) is 3.89. The fourth-order valence-corrected chi connectivity index (χ4v) is 2.93. The molecule has 0 bridgehead atoms. The highest BCUT2D eigenvalue weighted by Gasteiger charge is 2.11. The molecule has 0 aliphatic heterocycles. The van der Waals surface area contributed by atoms with E-state index in [0.717, 1.165) is 17.0 Å². The lowest BCUT2D eigenvalue weighted by molar-refractivity contribution is 0.237. The van der Waals surface area contributed by atoms with Crippen LogP contribution in [0.25, 0.3) is 5.78 Å². The van der Waals surface area contributed by atoms with E-state index in [1.807, 2.05) is 42.2 Å². The summed E-state index contributed by atoms with van der Waals surface area (Å²) in [5.41, 5.74) is 2.85. The molecule has 3 aromatic rings. The maximum atomic E-state index is 13.3. The molecule has 0 saturated heterocycles. The van der Waals surface area contributed by atoms with Gasteiger partial charge in [0.25, 0.3) is 5.78 Å². The number of halogens is 1. The number of fused-ring (bicyclic) bond motifs is 1. The van der Waals surface area contributed by atoms with Gasteiger partial charge in [0, 0.05) is 17.9 Å². The van der Waals surface area contributed by atoms with Crippen LogP contribution in [0.15, 0.2) is 30.3 Å². The minimum Gasteiger partial charge on any atom is -0.283 e. The van der Waals surface area contributed by atoms with E-state index in [2.05, 4.69) is 14.9 Å². The first-order valence-corrected chi connectivity index (χ1v) is 7.71. The van der Waals surface area contributed by atoms with Crippen LogP contribution in [0.4, 0.5) is 4.39 Å². The van der Waals surface area contributed by atoms with Gasteiger partial charge in [-0.25, -0.2) is 18.6 Å². The van der Waals surface area contributed by atoms with E-state index in [4.69, 9.17) is 12.2 Å². The van der Waals surface area contributed by atoms with E-state index in [-0.39, 0.29) is 5.82 Å². The zero-order valence-corrected chi connectivity index (χ0v) is 14.1. The Hall–Kier alpha value is -2.12. The molecule has 2 heterocycles. The summed E-state index contributed by atoms with van der Waals surface area (Å²) in [7, 11) is 1.96. The molecule has 0 saturated carbocycles. The topological polar surface area (TPSA) is 38.4 Å². The van der Waals surface area contributed by atoms with Crippen molar-refractivity contribution >= 4 is 18.0 Å². The molecule has 0 N–H and O–H groups in total. The molecule has 2 aromatic heterocycles. The Morgan fingerprint density at radius 1 is 1.22 bits per heavy atom. The van der Waals surface area contributed by atoms with E-state index in [1.165, 1.54) is 6.07 Å². The van der Waals surface area contributed by atoms with Crippen molar-refractivity contribution in [1.82, 2.24) is 24.1 Å². The third kappa shape index (κ3) is 3.30. The average molecular weight is 331 g/mol. The Bertz CT molecular complexity index is 914. The quantitative estimate of drug-likeness (QED) is 0.689. The molecule has 1 aromatic carbocycles. The maximum Gasteiger partial charge on any atom is 0.252 e. The summed E-state index contributed by atoms with van der Waals surface area (Å²) in [6, 6.07) is 8.60. The Kier molecular flexibility index (Phi) is 4.23. The van der Waals surface area contributed by atoms with Crippen LogP contribution in [0, 0.1) is 24.4 Å². The van der Waals surface area contributed by atoms with Gasteiger partial charge in [0.15, 0.2) is 0 Å². The number of aromatic nitrogens is 4. The SMILES string of the molecule is Cc1cc(C)n2c(n1)nc(=S)n2CN(C)Cc1cccc(F)c1. The molecule has 0 aliphatic carbocycles. The third-order valence-electron chi connectivity index (χ3n) is 3.59. The second-order valence-electron chi connectivity index (χ2n) is 5.73. The zero-order chi connectivity index (χ0) is 16.6. The lowest BCUT2D eigenvalue weighted by Crippen LogP contribution is -2.24.